The molecule has 0 saturated carbocycles. The molecule has 19 heavy (non-hydrogen) atoms. The van der Waals surface area contributed by atoms with Crippen LogP contribution in [0.3, 0.4) is 0 Å². The molecule has 1 atom stereocenters. The molecule has 1 amide bonds. The fraction of sp³-hybridized carbons (Fsp3) is 0.231. The van der Waals surface area contributed by atoms with Crippen LogP contribution < -0.4 is 16.0 Å². The lowest BCUT2D eigenvalue weighted by molar-refractivity contribution is -0.127. The van der Waals surface area contributed by atoms with Crippen LogP contribution in [0.2, 0.25) is 0 Å². The first-order chi connectivity index (χ1) is 9.10. The molecule has 0 radical (unpaired) electrons. The van der Waals surface area contributed by atoms with Gasteiger partial charge in [0.1, 0.15) is 10.8 Å². The van der Waals surface area contributed by atoms with Gasteiger partial charge in [-0.15, -0.1) is 11.3 Å². The maximum atomic E-state index is 11.2. The van der Waals surface area contributed by atoms with E-state index in [0.717, 1.165) is 16.3 Å². The van der Waals surface area contributed by atoms with E-state index >= 15 is 0 Å². The number of hydrogen-bond donors (Lipinski definition) is 2. The molecule has 2 aromatic rings. The monoisotopic (exact) mass is 277 g/mol. The average molecular weight is 277 g/mol. The zero-order valence-corrected chi connectivity index (χ0v) is 11.5. The summed E-state index contributed by atoms with van der Waals surface area (Å²) in [6.07, 6.45) is -0.627. The van der Waals surface area contributed by atoms with Crippen molar-refractivity contribution in [3.05, 3.63) is 35.3 Å². The zero-order valence-electron chi connectivity index (χ0n) is 10.7. The predicted molar refractivity (Wildman–Crippen MR) is 74.7 cm³/mol. The number of nitrogens with zero attached hydrogens (tertiary/aromatic N) is 1. The second-order valence-electron chi connectivity index (χ2n) is 4.09. The van der Waals surface area contributed by atoms with Crippen molar-refractivity contribution < 1.29 is 9.53 Å². The van der Waals surface area contributed by atoms with Crippen LogP contribution in [0.25, 0.3) is 10.6 Å². The number of benzene rings is 1. The van der Waals surface area contributed by atoms with E-state index in [2.05, 4.69) is 10.4 Å². The Hall–Kier alpha value is -1.92. The minimum absolute atomic E-state index is 0.361. The number of thiazole rings is 1. The number of hydrogen-bond acceptors (Lipinski definition) is 5. The molecule has 5 nitrogen and oxygen atoms in total. The molecule has 2 rings (SSSR count). The molecule has 0 aliphatic heterocycles. The highest BCUT2D eigenvalue weighted by atomic mass is 32.1. The van der Waals surface area contributed by atoms with Crippen molar-refractivity contribution in [1.29, 1.82) is 0 Å². The Labute approximate surface area is 115 Å². The highest BCUT2D eigenvalue weighted by molar-refractivity contribution is 7.13. The third kappa shape index (κ3) is 3.30. The summed E-state index contributed by atoms with van der Waals surface area (Å²) in [7, 11) is 0. The smallest absolute Gasteiger partial charge is 0.274 e. The standard InChI is InChI=1S/C13H15N3O2S/c1-8-7-19-13(15-8)10-3-5-11(6-4-10)18-9(2)12(17)16-14/h3-7,9H,14H2,1-2H3,(H,16,17). The Morgan fingerprint density at radius 3 is 2.63 bits per heavy atom. The molecular formula is C13H15N3O2S. The summed E-state index contributed by atoms with van der Waals surface area (Å²) in [5, 5.41) is 2.98. The number of rotatable bonds is 4. The van der Waals surface area contributed by atoms with Crippen LogP contribution in [0.1, 0.15) is 12.6 Å². The van der Waals surface area contributed by atoms with Gasteiger partial charge in [-0.2, -0.15) is 0 Å². The van der Waals surface area contributed by atoms with Crippen LogP contribution in [0.15, 0.2) is 29.6 Å². The zero-order chi connectivity index (χ0) is 13.8. The molecule has 1 aromatic heterocycles. The molecule has 0 aliphatic carbocycles. The van der Waals surface area contributed by atoms with Gasteiger partial charge in [0.2, 0.25) is 0 Å². The van der Waals surface area contributed by atoms with Gasteiger partial charge in [0.25, 0.3) is 5.91 Å². The van der Waals surface area contributed by atoms with Crippen LogP contribution in [0.4, 0.5) is 0 Å². The minimum Gasteiger partial charge on any atom is -0.481 e. The Morgan fingerprint density at radius 2 is 2.11 bits per heavy atom. The number of nitrogens with two attached hydrogens (primary N) is 1. The molecule has 0 fully saturated rings. The normalized spacial score (nSPS) is 11.9. The van der Waals surface area contributed by atoms with Crippen LogP contribution in [0.5, 0.6) is 5.75 Å². The summed E-state index contributed by atoms with van der Waals surface area (Å²) in [4.78, 5) is 15.6. The summed E-state index contributed by atoms with van der Waals surface area (Å²) in [5.74, 6) is 5.30. The van der Waals surface area contributed by atoms with Crippen LogP contribution in [-0.2, 0) is 4.79 Å². The first kappa shape index (κ1) is 13.5. The van der Waals surface area contributed by atoms with E-state index in [4.69, 9.17) is 10.6 Å². The van der Waals surface area contributed by atoms with Crippen molar-refractivity contribution in [1.82, 2.24) is 10.4 Å². The summed E-state index contributed by atoms with van der Waals surface area (Å²) in [6, 6.07) is 7.46. The van der Waals surface area contributed by atoms with E-state index in [-0.39, 0.29) is 5.91 Å². The SMILES string of the molecule is Cc1csc(-c2ccc(OC(C)C(=O)NN)cc2)n1. The molecule has 0 bridgehead atoms. The van der Waals surface area contributed by atoms with E-state index in [9.17, 15) is 4.79 Å². The second kappa shape index (κ2) is 5.81. The number of aryl methyl sites for hydroxylation is 1. The first-order valence-corrected chi connectivity index (χ1v) is 6.68. The highest BCUT2D eigenvalue weighted by Crippen LogP contribution is 2.25. The van der Waals surface area contributed by atoms with Crippen molar-refractivity contribution >= 4 is 17.2 Å². The molecule has 1 unspecified atom stereocenters. The van der Waals surface area contributed by atoms with Gasteiger partial charge in [0.05, 0.1) is 0 Å². The maximum Gasteiger partial charge on any atom is 0.274 e. The van der Waals surface area contributed by atoms with Crippen molar-refractivity contribution in [2.75, 3.05) is 0 Å². The van der Waals surface area contributed by atoms with Gasteiger partial charge >= 0.3 is 0 Å². The summed E-state index contributed by atoms with van der Waals surface area (Å²) < 4.78 is 5.45. The van der Waals surface area contributed by atoms with E-state index < -0.39 is 6.10 Å². The largest absolute Gasteiger partial charge is 0.481 e. The Morgan fingerprint density at radius 1 is 1.42 bits per heavy atom. The number of aromatic nitrogens is 1. The second-order valence-corrected chi connectivity index (χ2v) is 4.95. The molecule has 0 saturated heterocycles. The minimum atomic E-state index is -0.627. The number of carbonyl (C=O) groups excluding carboxylic acids is 1. The van der Waals surface area contributed by atoms with Crippen LogP contribution in [-0.4, -0.2) is 17.0 Å². The third-order valence-corrected chi connectivity index (χ3v) is 3.55. The van der Waals surface area contributed by atoms with Gasteiger partial charge in [0.15, 0.2) is 6.10 Å². The first-order valence-electron chi connectivity index (χ1n) is 5.80. The fourth-order valence-electron chi connectivity index (χ4n) is 1.54. The van der Waals surface area contributed by atoms with Gasteiger partial charge in [-0.25, -0.2) is 10.8 Å². The van der Waals surface area contributed by atoms with E-state index in [1.807, 2.05) is 36.6 Å². The quantitative estimate of drug-likeness (QED) is 0.508. The summed E-state index contributed by atoms with van der Waals surface area (Å²) in [6.45, 7) is 3.60. The lowest BCUT2D eigenvalue weighted by Gasteiger charge is -2.12. The number of nitrogens with one attached hydrogen (secondary N) is 1. The Kier molecular flexibility index (Phi) is 4.13. The van der Waals surface area contributed by atoms with Crippen molar-refractivity contribution in [2.45, 2.75) is 20.0 Å². The molecule has 100 valence electrons. The highest BCUT2D eigenvalue weighted by Gasteiger charge is 2.12. The van der Waals surface area contributed by atoms with Gasteiger partial charge < -0.3 is 4.74 Å². The van der Waals surface area contributed by atoms with E-state index in [1.165, 1.54) is 0 Å². The van der Waals surface area contributed by atoms with Crippen molar-refractivity contribution in [3.8, 4) is 16.3 Å². The number of carbonyl (C=O) groups is 1. The molecule has 6 heteroatoms. The maximum absolute atomic E-state index is 11.2. The molecule has 0 spiro atoms. The molecular weight excluding hydrogens is 262 g/mol. The summed E-state index contributed by atoms with van der Waals surface area (Å²) in [5.41, 5.74) is 4.09. The molecule has 0 aliphatic rings. The number of amides is 1. The predicted octanol–water partition coefficient (Wildman–Crippen LogP) is 1.88. The fourth-order valence-corrected chi connectivity index (χ4v) is 2.34. The molecule has 3 N–H and O–H groups in total. The molecule has 1 aromatic carbocycles. The Bertz CT molecular complexity index is 566. The van der Waals surface area contributed by atoms with Gasteiger partial charge in [0, 0.05) is 16.6 Å². The van der Waals surface area contributed by atoms with Gasteiger partial charge in [-0.3, -0.25) is 10.2 Å². The number of ether oxygens (including phenoxy) is 1. The van der Waals surface area contributed by atoms with Crippen molar-refractivity contribution in [3.63, 3.8) is 0 Å². The Balaban J connectivity index is 2.08. The van der Waals surface area contributed by atoms with Crippen LogP contribution in [0, 0.1) is 6.92 Å². The lowest BCUT2D eigenvalue weighted by atomic mass is 10.2. The van der Waals surface area contributed by atoms with Gasteiger partial charge in [-0.05, 0) is 38.1 Å². The van der Waals surface area contributed by atoms with E-state index in [1.54, 1.807) is 18.3 Å². The average Bonchev–Trinajstić information content (AvgIpc) is 2.85. The summed E-state index contributed by atoms with van der Waals surface area (Å²) >= 11 is 1.60. The van der Waals surface area contributed by atoms with Crippen LogP contribution >= 0.6 is 11.3 Å². The van der Waals surface area contributed by atoms with Gasteiger partial charge in [-0.1, -0.05) is 0 Å². The number of hydrazine groups is 1. The molecule has 1 heterocycles. The van der Waals surface area contributed by atoms with Crippen molar-refractivity contribution in [2.24, 2.45) is 5.84 Å². The third-order valence-electron chi connectivity index (χ3n) is 2.54. The lowest BCUT2D eigenvalue weighted by Crippen LogP contribution is -2.40. The topological polar surface area (TPSA) is 77.2 Å². The van der Waals surface area contributed by atoms with E-state index in [0.29, 0.717) is 5.75 Å².